The molecule has 2 rings (SSSR count). The maximum absolute atomic E-state index is 4.07. The Morgan fingerprint density at radius 2 is 2.12 bits per heavy atom. The molecule has 1 saturated carbocycles. The highest BCUT2D eigenvalue weighted by Gasteiger charge is 2.26. The molecule has 0 bridgehead atoms. The second kappa shape index (κ2) is 4.95. The molecule has 0 unspecified atom stereocenters. The van der Waals surface area contributed by atoms with E-state index in [1.54, 1.807) is 6.33 Å². The molecule has 0 aromatic carbocycles. The van der Waals surface area contributed by atoms with Crippen LogP contribution in [0, 0.1) is 5.41 Å². The number of aryl methyl sites for hydroxylation is 1. The van der Waals surface area contributed by atoms with E-state index >= 15 is 0 Å². The second-order valence-electron chi connectivity index (χ2n) is 5.33. The molecule has 0 aliphatic heterocycles. The number of nitrogens with zero attached hydrogens (tertiary/aromatic N) is 3. The van der Waals surface area contributed by atoms with Gasteiger partial charge in [-0.15, -0.1) is 10.2 Å². The lowest BCUT2D eigenvalue weighted by Gasteiger charge is -2.33. The van der Waals surface area contributed by atoms with Crippen molar-refractivity contribution in [1.82, 2.24) is 20.1 Å². The number of hydrogen-bond acceptors (Lipinski definition) is 3. The molecule has 1 fully saturated rings. The van der Waals surface area contributed by atoms with Crippen LogP contribution in [0.3, 0.4) is 0 Å². The molecule has 16 heavy (non-hydrogen) atoms. The zero-order valence-electron chi connectivity index (χ0n) is 10.4. The largest absolute Gasteiger partial charge is 0.320 e. The highest BCUT2D eigenvalue weighted by molar-refractivity contribution is 4.86. The average molecular weight is 222 g/mol. The fraction of sp³-hybridized carbons (Fsp3) is 0.833. The van der Waals surface area contributed by atoms with Crippen molar-refractivity contribution in [2.24, 2.45) is 12.5 Å². The summed E-state index contributed by atoms with van der Waals surface area (Å²) >= 11 is 0. The minimum atomic E-state index is 0.497. The average Bonchev–Trinajstić information content (AvgIpc) is 2.65. The van der Waals surface area contributed by atoms with E-state index in [9.17, 15) is 0 Å². The van der Waals surface area contributed by atoms with Gasteiger partial charge in [0, 0.05) is 13.6 Å². The third-order valence-corrected chi connectivity index (χ3v) is 3.70. The quantitative estimate of drug-likeness (QED) is 0.845. The summed E-state index contributed by atoms with van der Waals surface area (Å²) < 4.78 is 1.97. The smallest absolute Gasteiger partial charge is 0.146 e. The molecule has 1 aliphatic carbocycles. The molecule has 1 heterocycles. The van der Waals surface area contributed by atoms with Gasteiger partial charge in [0.25, 0.3) is 0 Å². The maximum Gasteiger partial charge on any atom is 0.146 e. The van der Waals surface area contributed by atoms with E-state index in [0.717, 1.165) is 18.9 Å². The van der Waals surface area contributed by atoms with Crippen molar-refractivity contribution in [3.05, 3.63) is 12.2 Å². The Balaban J connectivity index is 1.77. The molecular weight excluding hydrogens is 200 g/mol. The zero-order valence-corrected chi connectivity index (χ0v) is 10.4. The van der Waals surface area contributed by atoms with Crippen LogP contribution < -0.4 is 5.32 Å². The van der Waals surface area contributed by atoms with E-state index in [1.807, 2.05) is 11.6 Å². The van der Waals surface area contributed by atoms with Gasteiger partial charge in [0.1, 0.15) is 12.2 Å². The van der Waals surface area contributed by atoms with Crippen LogP contribution in [0.2, 0.25) is 0 Å². The Morgan fingerprint density at radius 3 is 2.75 bits per heavy atom. The normalized spacial score (nSPS) is 19.9. The van der Waals surface area contributed by atoms with Crippen LogP contribution in [-0.2, 0) is 13.6 Å². The van der Waals surface area contributed by atoms with Crippen molar-refractivity contribution in [1.29, 1.82) is 0 Å². The summed E-state index contributed by atoms with van der Waals surface area (Å²) in [4.78, 5) is 0. The Bertz CT molecular complexity index is 326. The Kier molecular flexibility index (Phi) is 3.59. The van der Waals surface area contributed by atoms with Crippen molar-refractivity contribution in [3.8, 4) is 0 Å². The van der Waals surface area contributed by atoms with Crippen molar-refractivity contribution in [2.45, 2.75) is 45.6 Å². The first-order chi connectivity index (χ1) is 7.70. The topological polar surface area (TPSA) is 42.7 Å². The highest BCUT2D eigenvalue weighted by atomic mass is 15.3. The Morgan fingerprint density at radius 1 is 1.38 bits per heavy atom. The predicted octanol–water partition coefficient (Wildman–Crippen LogP) is 1.88. The van der Waals surface area contributed by atoms with Gasteiger partial charge in [0.15, 0.2) is 0 Å². The van der Waals surface area contributed by atoms with E-state index in [1.165, 1.54) is 32.1 Å². The van der Waals surface area contributed by atoms with Crippen molar-refractivity contribution in [3.63, 3.8) is 0 Å². The van der Waals surface area contributed by atoms with Gasteiger partial charge in [-0.3, -0.25) is 0 Å². The third kappa shape index (κ3) is 2.82. The Hall–Kier alpha value is -0.900. The lowest BCUT2D eigenvalue weighted by atomic mass is 9.76. The minimum absolute atomic E-state index is 0.497. The maximum atomic E-state index is 4.07. The summed E-state index contributed by atoms with van der Waals surface area (Å²) in [5.74, 6) is 1.01. The standard InChI is InChI=1S/C12H22N4/c1-12(6-4-3-5-7-12)9-13-8-11-15-14-10-16(11)2/h10,13H,3-9H2,1-2H3. The van der Waals surface area contributed by atoms with Gasteiger partial charge in [-0.25, -0.2) is 0 Å². The summed E-state index contributed by atoms with van der Waals surface area (Å²) in [6, 6.07) is 0. The van der Waals surface area contributed by atoms with E-state index in [4.69, 9.17) is 0 Å². The lowest BCUT2D eigenvalue weighted by Crippen LogP contribution is -2.33. The summed E-state index contributed by atoms with van der Waals surface area (Å²) in [6.07, 6.45) is 8.67. The first-order valence-electron chi connectivity index (χ1n) is 6.23. The molecule has 1 aromatic heterocycles. The molecule has 4 nitrogen and oxygen atoms in total. The van der Waals surface area contributed by atoms with Crippen molar-refractivity contribution < 1.29 is 0 Å². The minimum Gasteiger partial charge on any atom is -0.320 e. The fourth-order valence-corrected chi connectivity index (χ4v) is 2.53. The molecule has 4 heteroatoms. The molecular formula is C12H22N4. The van der Waals surface area contributed by atoms with Gasteiger partial charge in [-0.2, -0.15) is 0 Å². The summed E-state index contributed by atoms with van der Waals surface area (Å²) in [5, 5.41) is 11.5. The number of hydrogen-bond donors (Lipinski definition) is 1. The third-order valence-electron chi connectivity index (χ3n) is 3.70. The van der Waals surface area contributed by atoms with Crippen LogP contribution >= 0.6 is 0 Å². The van der Waals surface area contributed by atoms with Crippen LogP contribution in [0.4, 0.5) is 0 Å². The molecule has 1 aliphatic rings. The number of rotatable bonds is 4. The van der Waals surface area contributed by atoms with E-state index in [2.05, 4.69) is 22.4 Å². The van der Waals surface area contributed by atoms with Crippen molar-refractivity contribution in [2.75, 3.05) is 6.54 Å². The van der Waals surface area contributed by atoms with Crippen LogP contribution in [-0.4, -0.2) is 21.3 Å². The number of nitrogens with one attached hydrogen (secondary N) is 1. The summed E-state index contributed by atoms with van der Waals surface area (Å²) in [7, 11) is 1.99. The Labute approximate surface area is 97.5 Å². The van der Waals surface area contributed by atoms with Crippen LogP contribution in [0.15, 0.2) is 6.33 Å². The summed E-state index contributed by atoms with van der Waals surface area (Å²) in [5.41, 5.74) is 0.497. The first-order valence-corrected chi connectivity index (χ1v) is 6.23. The van der Waals surface area contributed by atoms with Crippen LogP contribution in [0.25, 0.3) is 0 Å². The monoisotopic (exact) mass is 222 g/mol. The van der Waals surface area contributed by atoms with E-state index in [-0.39, 0.29) is 0 Å². The van der Waals surface area contributed by atoms with E-state index < -0.39 is 0 Å². The second-order valence-corrected chi connectivity index (χ2v) is 5.33. The molecule has 0 radical (unpaired) electrons. The SMILES string of the molecule is Cn1cnnc1CNCC1(C)CCCCC1. The van der Waals surface area contributed by atoms with Crippen LogP contribution in [0.1, 0.15) is 44.9 Å². The number of aromatic nitrogens is 3. The molecule has 0 amide bonds. The van der Waals surface area contributed by atoms with Crippen molar-refractivity contribution >= 4 is 0 Å². The van der Waals surface area contributed by atoms with Gasteiger partial charge >= 0.3 is 0 Å². The van der Waals surface area contributed by atoms with Gasteiger partial charge in [0.2, 0.25) is 0 Å². The fourth-order valence-electron chi connectivity index (χ4n) is 2.53. The highest BCUT2D eigenvalue weighted by Crippen LogP contribution is 2.34. The predicted molar refractivity (Wildman–Crippen MR) is 63.9 cm³/mol. The van der Waals surface area contributed by atoms with Gasteiger partial charge in [0.05, 0.1) is 6.54 Å². The molecule has 0 atom stereocenters. The van der Waals surface area contributed by atoms with Gasteiger partial charge in [-0.1, -0.05) is 26.2 Å². The molecule has 1 aromatic rings. The lowest BCUT2D eigenvalue weighted by molar-refractivity contribution is 0.207. The van der Waals surface area contributed by atoms with Gasteiger partial charge in [-0.05, 0) is 18.3 Å². The van der Waals surface area contributed by atoms with Gasteiger partial charge < -0.3 is 9.88 Å². The zero-order chi connectivity index (χ0) is 11.4. The first kappa shape index (κ1) is 11.6. The molecule has 1 N–H and O–H groups in total. The molecule has 0 saturated heterocycles. The van der Waals surface area contributed by atoms with E-state index in [0.29, 0.717) is 5.41 Å². The van der Waals surface area contributed by atoms with Crippen LogP contribution in [0.5, 0.6) is 0 Å². The molecule has 90 valence electrons. The molecule has 0 spiro atoms. The summed E-state index contributed by atoms with van der Waals surface area (Å²) in [6.45, 7) is 4.32.